The number of benzene rings is 2. The van der Waals surface area contributed by atoms with E-state index in [0.717, 1.165) is 11.3 Å². The van der Waals surface area contributed by atoms with Crippen molar-refractivity contribution in [1.82, 2.24) is 0 Å². The smallest absolute Gasteiger partial charge is 0.266 e. The molecule has 0 aliphatic rings. The van der Waals surface area contributed by atoms with Gasteiger partial charge < -0.3 is 10.1 Å². The molecule has 4 nitrogen and oxygen atoms in total. The predicted octanol–water partition coefficient (Wildman–Crippen LogP) is 4.93. The van der Waals surface area contributed by atoms with E-state index in [9.17, 15) is 10.1 Å². The van der Waals surface area contributed by atoms with Gasteiger partial charge in [0.05, 0.1) is 6.61 Å². The topological polar surface area (TPSA) is 62.1 Å². The Kier molecular flexibility index (Phi) is 6.19. The minimum Gasteiger partial charge on any atom is -0.494 e. The number of nitrogens with zero attached hydrogens (tertiary/aromatic N) is 1. The first kappa shape index (κ1) is 19.3. The molecule has 0 aromatic heterocycles. The standard InChI is InChI=1S/C22H24N2O2/c1-5-26-20-12-10-19(11-13-20)24-21(25)17(15-23)14-16-6-8-18(9-7-16)22(2,3)4/h6-14H,5H2,1-4H3,(H,24,25). The fourth-order valence-electron chi connectivity index (χ4n) is 2.39. The normalized spacial score (nSPS) is 11.6. The van der Waals surface area contributed by atoms with Gasteiger partial charge in [0.25, 0.3) is 5.91 Å². The second-order valence-corrected chi connectivity index (χ2v) is 6.95. The van der Waals surface area contributed by atoms with Gasteiger partial charge in [0.1, 0.15) is 17.4 Å². The first-order valence-electron chi connectivity index (χ1n) is 8.60. The van der Waals surface area contributed by atoms with Gasteiger partial charge in [-0.25, -0.2) is 0 Å². The Labute approximate surface area is 155 Å². The summed E-state index contributed by atoms with van der Waals surface area (Å²) in [4.78, 5) is 12.4. The number of carbonyl (C=O) groups excluding carboxylic acids is 1. The molecule has 2 aromatic rings. The summed E-state index contributed by atoms with van der Waals surface area (Å²) in [6.45, 7) is 8.92. The van der Waals surface area contributed by atoms with E-state index in [2.05, 4.69) is 26.1 Å². The Bertz CT molecular complexity index is 820. The maximum absolute atomic E-state index is 12.4. The molecule has 0 heterocycles. The lowest BCUT2D eigenvalue weighted by molar-refractivity contribution is -0.112. The van der Waals surface area contributed by atoms with E-state index in [1.165, 1.54) is 5.56 Å². The monoisotopic (exact) mass is 348 g/mol. The Morgan fingerprint density at radius 2 is 1.73 bits per heavy atom. The van der Waals surface area contributed by atoms with Crippen molar-refractivity contribution < 1.29 is 9.53 Å². The number of ether oxygens (including phenoxy) is 1. The van der Waals surface area contributed by atoms with Crippen molar-refractivity contribution in [3.05, 3.63) is 65.2 Å². The molecule has 0 spiro atoms. The molecule has 4 heteroatoms. The number of rotatable bonds is 5. The lowest BCUT2D eigenvalue weighted by Gasteiger charge is -2.18. The van der Waals surface area contributed by atoms with Gasteiger partial charge >= 0.3 is 0 Å². The minimum absolute atomic E-state index is 0.0578. The molecule has 0 unspecified atom stereocenters. The van der Waals surface area contributed by atoms with Crippen LogP contribution in [0, 0.1) is 11.3 Å². The van der Waals surface area contributed by atoms with Gasteiger partial charge in [0, 0.05) is 5.69 Å². The van der Waals surface area contributed by atoms with E-state index < -0.39 is 5.91 Å². The van der Waals surface area contributed by atoms with E-state index >= 15 is 0 Å². The van der Waals surface area contributed by atoms with Gasteiger partial charge in [-0.2, -0.15) is 5.26 Å². The molecule has 2 aromatic carbocycles. The number of hydrogen-bond donors (Lipinski definition) is 1. The number of carbonyl (C=O) groups is 1. The zero-order chi connectivity index (χ0) is 19.2. The molecule has 0 fully saturated rings. The van der Waals surface area contributed by atoms with Gasteiger partial charge in [-0.1, -0.05) is 45.0 Å². The average Bonchev–Trinajstić information content (AvgIpc) is 2.61. The second-order valence-electron chi connectivity index (χ2n) is 6.95. The average molecular weight is 348 g/mol. The lowest BCUT2D eigenvalue weighted by Crippen LogP contribution is -2.13. The number of anilines is 1. The number of hydrogen-bond acceptors (Lipinski definition) is 3. The van der Waals surface area contributed by atoms with Crippen LogP contribution in [0.5, 0.6) is 5.75 Å². The fraction of sp³-hybridized carbons (Fsp3) is 0.273. The first-order chi connectivity index (χ1) is 12.3. The number of amides is 1. The van der Waals surface area contributed by atoms with Crippen molar-refractivity contribution in [3.63, 3.8) is 0 Å². The van der Waals surface area contributed by atoms with E-state index in [-0.39, 0.29) is 11.0 Å². The molecule has 2 rings (SSSR count). The Hall–Kier alpha value is -3.06. The second kappa shape index (κ2) is 8.35. The van der Waals surface area contributed by atoms with E-state index in [1.54, 1.807) is 30.3 Å². The SMILES string of the molecule is CCOc1ccc(NC(=O)C(C#N)=Cc2ccc(C(C)(C)C)cc2)cc1. The van der Waals surface area contributed by atoms with Crippen LogP contribution >= 0.6 is 0 Å². The molecular formula is C22H24N2O2. The molecule has 0 aliphatic carbocycles. The van der Waals surface area contributed by atoms with E-state index in [1.807, 2.05) is 37.3 Å². The molecule has 0 saturated heterocycles. The summed E-state index contributed by atoms with van der Waals surface area (Å²) in [5.41, 5.74) is 2.75. The van der Waals surface area contributed by atoms with Crippen LogP contribution in [0.1, 0.15) is 38.8 Å². The Morgan fingerprint density at radius 1 is 1.12 bits per heavy atom. The molecular weight excluding hydrogens is 324 g/mol. The molecule has 1 amide bonds. The van der Waals surface area contributed by atoms with Gasteiger partial charge in [-0.15, -0.1) is 0 Å². The van der Waals surface area contributed by atoms with Crippen molar-refractivity contribution in [2.45, 2.75) is 33.1 Å². The quantitative estimate of drug-likeness (QED) is 0.615. The summed E-state index contributed by atoms with van der Waals surface area (Å²) in [5, 5.41) is 12.1. The van der Waals surface area contributed by atoms with Gasteiger partial charge in [-0.05, 0) is 53.8 Å². The van der Waals surface area contributed by atoms with Crippen LogP contribution in [0.2, 0.25) is 0 Å². The van der Waals surface area contributed by atoms with Crippen LogP contribution in [0.4, 0.5) is 5.69 Å². The molecule has 26 heavy (non-hydrogen) atoms. The van der Waals surface area contributed by atoms with Crippen molar-refractivity contribution >= 4 is 17.7 Å². The Balaban J connectivity index is 2.12. The molecule has 0 saturated carbocycles. The van der Waals surface area contributed by atoms with Crippen LogP contribution in [0.15, 0.2) is 54.1 Å². The maximum atomic E-state index is 12.4. The maximum Gasteiger partial charge on any atom is 0.266 e. The molecule has 134 valence electrons. The largest absolute Gasteiger partial charge is 0.494 e. The van der Waals surface area contributed by atoms with Crippen molar-refractivity contribution in [1.29, 1.82) is 5.26 Å². The predicted molar refractivity (Wildman–Crippen MR) is 105 cm³/mol. The van der Waals surface area contributed by atoms with Crippen LogP contribution in [-0.2, 0) is 10.2 Å². The molecule has 0 bridgehead atoms. The number of nitrogens with one attached hydrogen (secondary N) is 1. The minimum atomic E-state index is -0.434. The van der Waals surface area contributed by atoms with Crippen molar-refractivity contribution in [2.24, 2.45) is 0 Å². The number of nitriles is 1. The van der Waals surface area contributed by atoms with Crippen LogP contribution < -0.4 is 10.1 Å². The van der Waals surface area contributed by atoms with Crippen LogP contribution in [0.25, 0.3) is 6.08 Å². The summed E-state index contributed by atoms with van der Waals surface area (Å²) in [5.74, 6) is 0.303. The Morgan fingerprint density at radius 3 is 2.23 bits per heavy atom. The summed E-state index contributed by atoms with van der Waals surface area (Å²) in [6, 6.07) is 16.9. The molecule has 0 radical (unpaired) electrons. The third-order valence-electron chi connectivity index (χ3n) is 3.88. The van der Waals surface area contributed by atoms with Gasteiger partial charge in [-0.3, -0.25) is 4.79 Å². The molecule has 0 aliphatic heterocycles. The zero-order valence-corrected chi connectivity index (χ0v) is 15.7. The highest BCUT2D eigenvalue weighted by atomic mass is 16.5. The molecule has 0 atom stereocenters. The van der Waals surface area contributed by atoms with Gasteiger partial charge in [0.15, 0.2) is 0 Å². The lowest BCUT2D eigenvalue weighted by atomic mass is 9.86. The summed E-state index contributed by atoms with van der Waals surface area (Å²) in [7, 11) is 0. The van der Waals surface area contributed by atoms with Crippen LogP contribution in [-0.4, -0.2) is 12.5 Å². The highest BCUT2D eigenvalue weighted by Gasteiger charge is 2.13. The summed E-state index contributed by atoms with van der Waals surface area (Å²) in [6.07, 6.45) is 1.59. The summed E-state index contributed by atoms with van der Waals surface area (Å²) >= 11 is 0. The van der Waals surface area contributed by atoms with Gasteiger partial charge in [0.2, 0.25) is 0 Å². The molecule has 1 N–H and O–H groups in total. The third kappa shape index (κ3) is 5.22. The van der Waals surface area contributed by atoms with E-state index in [0.29, 0.717) is 12.3 Å². The summed E-state index contributed by atoms with van der Waals surface area (Å²) < 4.78 is 5.37. The highest BCUT2D eigenvalue weighted by Crippen LogP contribution is 2.23. The fourth-order valence-corrected chi connectivity index (χ4v) is 2.39. The highest BCUT2D eigenvalue weighted by molar-refractivity contribution is 6.09. The third-order valence-corrected chi connectivity index (χ3v) is 3.88. The van der Waals surface area contributed by atoms with Crippen LogP contribution in [0.3, 0.4) is 0 Å². The first-order valence-corrected chi connectivity index (χ1v) is 8.60. The van der Waals surface area contributed by atoms with Crippen molar-refractivity contribution in [3.8, 4) is 11.8 Å². The van der Waals surface area contributed by atoms with E-state index in [4.69, 9.17) is 4.74 Å². The zero-order valence-electron chi connectivity index (χ0n) is 15.7. The van der Waals surface area contributed by atoms with Crippen molar-refractivity contribution in [2.75, 3.05) is 11.9 Å².